The van der Waals surface area contributed by atoms with Gasteiger partial charge in [-0.1, -0.05) is 12.1 Å². The molecule has 1 N–H and O–H groups in total. The van der Waals surface area contributed by atoms with Crippen molar-refractivity contribution in [2.24, 2.45) is 0 Å². The van der Waals surface area contributed by atoms with Crippen molar-refractivity contribution in [2.45, 2.75) is 6.92 Å². The molecule has 5 heteroatoms. The molecule has 0 bridgehead atoms. The molecule has 0 aliphatic rings. The lowest BCUT2D eigenvalue weighted by molar-refractivity contribution is 0.102. The van der Waals surface area contributed by atoms with Crippen LogP contribution >= 0.6 is 0 Å². The highest BCUT2D eigenvalue weighted by atomic mass is 19.1. The number of hydrogen-bond donors (Lipinski definition) is 1. The zero-order valence-electron chi connectivity index (χ0n) is 11.0. The molecular formula is C15H13F2NO2. The van der Waals surface area contributed by atoms with E-state index in [1.807, 2.05) is 0 Å². The lowest BCUT2D eigenvalue weighted by Crippen LogP contribution is -2.15. The topological polar surface area (TPSA) is 38.3 Å². The van der Waals surface area contributed by atoms with Gasteiger partial charge in [-0.25, -0.2) is 8.78 Å². The fourth-order valence-corrected chi connectivity index (χ4v) is 1.74. The minimum Gasteiger partial charge on any atom is -0.497 e. The Morgan fingerprint density at radius 2 is 1.95 bits per heavy atom. The maximum absolute atomic E-state index is 13.8. The highest BCUT2D eigenvalue weighted by Crippen LogP contribution is 2.22. The molecule has 0 unspecified atom stereocenters. The first kappa shape index (κ1) is 14.0. The summed E-state index contributed by atoms with van der Waals surface area (Å²) in [7, 11) is 1.43. The molecule has 3 nitrogen and oxygen atoms in total. The molecule has 2 rings (SSSR count). The number of carbonyl (C=O) groups is 1. The van der Waals surface area contributed by atoms with Crippen molar-refractivity contribution in [1.82, 2.24) is 0 Å². The van der Waals surface area contributed by atoms with Crippen LogP contribution in [0.3, 0.4) is 0 Å². The van der Waals surface area contributed by atoms with E-state index in [0.717, 1.165) is 0 Å². The van der Waals surface area contributed by atoms with Crippen LogP contribution in [-0.4, -0.2) is 13.0 Å². The molecule has 0 saturated heterocycles. The number of amides is 1. The van der Waals surface area contributed by atoms with Gasteiger partial charge < -0.3 is 10.1 Å². The van der Waals surface area contributed by atoms with E-state index in [-0.39, 0.29) is 11.3 Å². The number of anilines is 1. The molecule has 0 spiro atoms. The minimum absolute atomic E-state index is 0.0599. The summed E-state index contributed by atoms with van der Waals surface area (Å²) >= 11 is 0. The molecule has 0 aliphatic carbocycles. The molecule has 0 aromatic heterocycles. The molecular weight excluding hydrogens is 264 g/mol. The molecule has 0 heterocycles. The first-order valence-corrected chi connectivity index (χ1v) is 5.93. The summed E-state index contributed by atoms with van der Waals surface area (Å²) in [4.78, 5) is 12.0. The number of halogens is 2. The van der Waals surface area contributed by atoms with Crippen LogP contribution in [0.1, 0.15) is 15.9 Å². The van der Waals surface area contributed by atoms with E-state index < -0.39 is 17.5 Å². The second-order valence-corrected chi connectivity index (χ2v) is 4.24. The van der Waals surface area contributed by atoms with Gasteiger partial charge in [0.25, 0.3) is 5.91 Å². The maximum atomic E-state index is 13.8. The van der Waals surface area contributed by atoms with Gasteiger partial charge in [-0.05, 0) is 30.7 Å². The first-order valence-electron chi connectivity index (χ1n) is 5.93. The van der Waals surface area contributed by atoms with E-state index in [1.165, 1.54) is 31.4 Å². The Hall–Kier alpha value is -2.43. The number of rotatable bonds is 3. The van der Waals surface area contributed by atoms with Crippen LogP contribution in [0.15, 0.2) is 36.4 Å². The Morgan fingerprint density at radius 1 is 1.20 bits per heavy atom. The van der Waals surface area contributed by atoms with Gasteiger partial charge in [-0.2, -0.15) is 0 Å². The Bertz CT molecular complexity index is 656. The normalized spacial score (nSPS) is 10.2. The number of aryl methyl sites for hydroxylation is 1. The van der Waals surface area contributed by atoms with E-state index in [4.69, 9.17) is 4.74 Å². The van der Waals surface area contributed by atoms with Crippen molar-refractivity contribution >= 4 is 11.6 Å². The highest BCUT2D eigenvalue weighted by Gasteiger charge is 2.15. The third-order valence-electron chi connectivity index (χ3n) is 2.86. The number of hydrogen-bond acceptors (Lipinski definition) is 2. The third kappa shape index (κ3) is 2.77. The number of carbonyl (C=O) groups excluding carboxylic acids is 1. The molecule has 0 aliphatic heterocycles. The summed E-state index contributed by atoms with van der Waals surface area (Å²) in [6.45, 7) is 1.55. The van der Waals surface area contributed by atoms with E-state index in [0.29, 0.717) is 11.3 Å². The fourth-order valence-electron chi connectivity index (χ4n) is 1.74. The van der Waals surface area contributed by atoms with E-state index in [1.54, 1.807) is 19.1 Å². The van der Waals surface area contributed by atoms with Crippen LogP contribution in [-0.2, 0) is 0 Å². The van der Waals surface area contributed by atoms with Crippen molar-refractivity contribution in [3.8, 4) is 5.75 Å². The summed E-state index contributed by atoms with van der Waals surface area (Å²) in [5.41, 5.74) is 0.159. The first-order chi connectivity index (χ1) is 9.52. The molecule has 2 aromatic rings. The Balaban J connectivity index is 2.30. The van der Waals surface area contributed by atoms with Gasteiger partial charge in [0.05, 0.1) is 18.4 Å². The van der Waals surface area contributed by atoms with Crippen molar-refractivity contribution in [3.63, 3.8) is 0 Å². The third-order valence-corrected chi connectivity index (χ3v) is 2.86. The van der Waals surface area contributed by atoms with E-state index in [9.17, 15) is 13.6 Å². The molecule has 0 atom stereocenters. The molecule has 0 fully saturated rings. The average molecular weight is 277 g/mol. The molecule has 1 amide bonds. The van der Waals surface area contributed by atoms with Crippen LogP contribution in [0, 0.1) is 18.6 Å². The monoisotopic (exact) mass is 277 g/mol. The maximum Gasteiger partial charge on any atom is 0.258 e. The second-order valence-electron chi connectivity index (χ2n) is 4.24. The average Bonchev–Trinajstić information content (AvgIpc) is 2.44. The molecule has 2 aromatic carbocycles. The van der Waals surface area contributed by atoms with Gasteiger partial charge in [0.2, 0.25) is 0 Å². The fraction of sp³-hybridized carbons (Fsp3) is 0.133. The summed E-state index contributed by atoms with van der Waals surface area (Å²) in [5, 5.41) is 2.34. The van der Waals surface area contributed by atoms with Crippen LogP contribution in [0.25, 0.3) is 0 Å². The SMILES string of the molecule is COc1ccc(F)c(NC(=O)c2cccc(C)c2F)c1. The van der Waals surface area contributed by atoms with Crippen LogP contribution < -0.4 is 10.1 Å². The molecule has 0 saturated carbocycles. The molecule has 20 heavy (non-hydrogen) atoms. The largest absolute Gasteiger partial charge is 0.497 e. The summed E-state index contributed by atoms with van der Waals surface area (Å²) in [6.07, 6.45) is 0. The van der Waals surface area contributed by atoms with Crippen molar-refractivity contribution in [3.05, 3.63) is 59.2 Å². The Labute approximate surface area is 115 Å². The number of nitrogens with one attached hydrogen (secondary N) is 1. The Kier molecular flexibility index (Phi) is 3.98. The second kappa shape index (κ2) is 5.69. The van der Waals surface area contributed by atoms with Crippen molar-refractivity contribution < 1.29 is 18.3 Å². The standard InChI is InChI=1S/C15H13F2NO2/c1-9-4-3-5-11(14(9)17)15(19)18-13-8-10(20-2)6-7-12(13)16/h3-8H,1-2H3,(H,18,19). The van der Waals surface area contributed by atoms with Gasteiger partial charge in [0.15, 0.2) is 0 Å². The lowest BCUT2D eigenvalue weighted by Gasteiger charge is -2.09. The van der Waals surface area contributed by atoms with Crippen molar-refractivity contribution in [2.75, 3.05) is 12.4 Å². The van der Waals surface area contributed by atoms with Crippen LogP contribution in [0.5, 0.6) is 5.75 Å². The van der Waals surface area contributed by atoms with Crippen molar-refractivity contribution in [1.29, 1.82) is 0 Å². The quantitative estimate of drug-likeness (QED) is 0.932. The summed E-state index contributed by atoms with van der Waals surface area (Å²) in [5.74, 6) is -1.55. The van der Waals surface area contributed by atoms with Gasteiger partial charge in [-0.3, -0.25) is 4.79 Å². The summed E-state index contributed by atoms with van der Waals surface area (Å²) < 4.78 is 32.4. The highest BCUT2D eigenvalue weighted by molar-refractivity contribution is 6.04. The number of benzene rings is 2. The van der Waals surface area contributed by atoms with Gasteiger partial charge in [-0.15, -0.1) is 0 Å². The van der Waals surface area contributed by atoms with Gasteiger partial charge in [0.1, 0.15) is 17.4 Å². The molecule has 0 radical (unpaired) electrons. The van der Waals surface area contributed by atoms with Crippen LogP contribution in [0.2, 0.25) is 0 Å². The number of ether oxygens (including phenoxy) is 1. The van der Waals surface area contributed by atoms with Gasteiger partial charge >= 0.3 is 0 Å². The van der Waals surface area contributed by atoms with E-state index in [2.05, 4.69) is 5.32 Å². The predicted molar refractivity (Wildman–Crippen MR) is 72.0 cm³/mol. The summed E-state index contributed by atoms with van der Waals surface area (Å²) in [6, 6.07) is 8.39. The zero-order chi connectivity index (χ0) is 14.7. The van der Waals surface area contributed by atoms with Crippen LogP contribution in [0.4, 0.5) is 14.5 Å². The number of methoxy groups -OCH3 is 1. The Morgan fingerprint density at radius 3 is 2.65 bits per heavy atom. The minimum atomic E-state index is -0.710. The zero-order valence-corrected chi connectivity index (χ0v) is 11.0. The molecule has 104 valence electrons. The smallest absolute Gasteiger partial charge is 0.258 e. The lowest BCUT2D eigenvalue weighted by atomic mass is 10.1. The van der Waals surface area contributed by atoms with E-state index >= 15 is 0 Å². The van der Waals surface area contributed by atoms with Gasteiger partial charge in [0, 0.05) is 6.07 Å². The predicted octanol–water partition coefficient (Wildman–Crippen LogP) is 3.53.